The Kier molecular flexibility index (Phi) is 6.65. The van der Waals surface area contributed by atoms with Crippen LogP contribution in [0.5, 0.6) is 5.75 Å². The van der Waals surface area contributed by atoms with Crippen molar-refractivity contribution in [3.63, 3.8) is 0 Å². The van der Waals surface area contributed by atoms with Crippen molar-refractivity contribution in [1.82, 2.24) is 15.1 Å². The number of carbonyl (C=O) groups is 4. The number of amides is 4. The van der Waals surface area contributed by atoms with E-state index in [1.807, 2.05) is 32.0 Å². The molecule has 4 rings (SSSR count). The van der Waals surface area contributed by atoms with Crippen molar-refractivity contribution in [3.05, 3.63) is 72.1 Å². The Morgan fingerprint density at radius 3 is 2.47 bits per heavy atom. The molecule has 9 nitrogen and oxygen atoms in total. The number of nitrogens with one attached hydrogen (secondary N) is 1. The van der Waals surface area contributed by atoms with E-state index < -0.39 is 5.91 Å². The van der Waals surface area contributed by atoms with Gasteiger partial charge in [-0.05, 0) is 48.7 Å². The molecule has 186 valence electrons. The van der Waals surface area contributed by atoms with E-state index in [0.29, 0.717) is 30.1 Å². The molecule has 9 heteroatoms. The number of rotatable bonds is 7. The first-order valence-electron chi connectivity index (χ1n) is 11.6. The topological polar surface area (TPSA) is 99.3 Å². The van der Waals surface area contributed by atoms with E-state index in [2.05, 4.69) is 18.5 Å². The second-order valence-electron chi connectivity index (χ2n) is 8.50. The molecule has 0 fully saturated rings. The molecule has 2 aliphatic rings. The van der Waals surface area contributed by atoms with Crippen LogP contribution in [0.25, 0.3) is 11.1 Å². The summed E-state index contributed by atoms with van der Waals surface area (Å²) >= 11 is 0. The van der Waals surface area contributed by atoms with Crippen molar-refractivity contribution < 1.29 is 23.9 Å². The Hall–Kier alpha value is -4.40. The molecule has 36 heavy (non-hydrogen) atoms. The van der Waals surface area contributed by atoms with Crippen molar-refractivity contribution in [3.8, 4) is 16.9 Å². The first kappa shape index (κ1) is 24.7. The van der Waals surface area contributed by atoms with Crippen molar-refractivity contribution in [2.45, 2.75) is 20.4 Å². The van der Waals surface area contributed by atoms with Crippen LogP contribution < -0.4 is 15.0 Å². The van der Waals surface area contributed by atoms with E-state index in [9.17, 15) is 19.2 Å². The number of carbonyl (C=O) groups excluding carboxylic acids is 4. The number of benzene rings is 2. The summed E-state index contributed by atoms with van der Waals surface area (Å²) in [5.41, 5.74) is 3.27. The molecule has 2 aliphatic heterocycles. The van der Waals surface area contributed by atoms with Gasteiger partial charge in [0.15, 0.2) is 6.61 Å². The number of anilines is 1. The smallest absolute Gasteiger partial charge is 0.271 e. The van der Waals surface area contributed by atoms with Gasteiger partial charge in [0, 0.05) is 25.7 Å². The van der Waals surface area contributed by atoms with Gasteiger partial charge in [0.1, 0.15) is 11.4 Å². The van der Waals surface area contributed by atoms with Gasteiger partial charge in [-0.2, -0.15) is 0 Å². The van der Waals surface area contributed by atoms with Gasteiger partial charge in [0.2, 0.25) is 0 Å². The molecule has 0 unspecified atom stereocenters. The van der Waals surface area contributed by atoms with Gasteiger partial charge in [-0.15, -0.1) is 0 Å². The predicted octanol–water partition coefficient (Wildman–Crippen LogP) is 2.68. The minimum Gasteiger partial charge on any atom is -0.482 e. The molecule has 4 amide bonds. The zero-order valence-corrected chi connectivity index (χ0v) is 20.6. The maximum atomic E-state index is 13.2. The Morgan fingerprint density at radius 2 is 1.78 bits per heavy atom. The average Bonchev–Trinajstić information content (AvgIpc) is 3.22. The zero-order chi connectivity index (χ0) is 26.1. The van der Waals surface area contributed by atoms with Crippen LogP contribution in [0.15, 0.2) is 61.0 Å². The molecule has 0 saturated heterocycles. The van der Waals surface area contributed by atoms with Gasteiger partial charge in [-0.1, -0.05) is 31.4 Å². The maximum absolute atomic E-state index is 13.2. The largest absolute Gasteiger partial charge is 0.482 e. The lowest BCUT2D eigenvalue weighted by molar-refractivity contribution is -0.129. The molecule has 2 aromatic carbocycles. The van der Waals surface area contributed by atoms with Crippen LogP contribution in [-0.2, 0) is 20.9 Å². The Balaban J connectivity index is 1.57. The third-order valence-electron chi connectivity index (χ3n) is 6.49. The van der Waals surface area contributed by atoms with Crippen LogP contribution in [0, 0.1) is 0 Å². The minimum atomic E-state index is -0.672. The molecule has 2 aromatic rings. The highest BCUT2D eigenvalue weighted by atomic mass is 16.5. The summed E-state index contributed by atoms with van der Waals surface area (Å²) in [5, 5.41) is 2.47. The predicted molar refractivity (Wildman–Crippen MR) is 135 cm³/mol. The Bertz CT molecular complexity index is 1310. The SMILES string of the molecule is C=C(NC(=O)C(=C)N1Cc2c(cccc2-c2ccc3c(c2)N(C)C(=O)CO3)C1=O)C(=O)N(CC)CC. The molecule has 0 spiro atoms. The third kappa shape index (κ3) is 4.24. The lowest BCUT2D eigenvalue weighted by Crippen LogP contribution is -2.40. The van der Waals surface area contributed by atoms with Gasteiger partial charge in [-0.3, -0.25) is 24.1 Å². The summed E-state index contributed by atoms with van der Waals surface area (Å²) in [5.74, 6) is -0.965. The van der Waals surface area contributed by atoms with Crippen molar-refractivity contribution in [2.75, 3.05) is 31.6 Å². The molecule has 0 aromatic heterocycles. The van der Waals surface area contributed by atoms with Crippen molar-refractivity contribution >= 4 is 29.3 Å². The standard InChI is InChI=1S/C27H28N4O5/c1-6-30(7-2)26(34)16(3)28-25(33)17(4)31-14-21-19(9-8-10-20(21)27(31)35)18-11-12-23-22(13-18)29(5)24(32)15-36-23/h8-13H,3-4,6-7,14-15H2,1-2,5H3,(H,28,33). The highest BCUT2D eigenvalue weighted by Crippen LogP contribution is 2.39. The zero-order valence-electron chi connectivity index (χ0n) is 20.6. The number of ether oxygens (including phenoxy) is 1. The van der Waals surface area contributed by atoms with E-state index in [-0.39, 0.29) is 42.3 Å². The number of hydrogen-bond donors (Lipinski definition) is 1. The molecule has 0 radical (unpaired) electrons. The monoisotopic (exact) mass is 488 g/mol. The Labute approximate surface area is 209 Å². The summed E-state index contributed by atoms with van der Waals surface area (Å²) in [6.45, 7) is 12.2. The fourth-order valence-electron chi connectivity index (χ4n) is 4.35. The van der Waals surface area contributed by atoms with Gasteiger partial charge in [0.25, 0.3) is 23.6 Å². The molecule has 2 heterocycles. The summed E-state index contributed by atoms with van der Waals surface area (Å²) < 4.78 is 5.52. The molecule has 1 N–H and O–H groups in total. The molecule has 0 saturated carbocycles. The van der Waals surface area contributed by atoms with Crippen LogP contribution in [0.1, 0.15) is 29.8 Å². The van der Waals surface area contributed by atoms with E-state index in [1.54, 1.807) is 30.1 Å². The number of fused-ring (bicyclic) bond motifs is 2. The second kappa shape index (κ2) is 9.69. The summed E-state index contributed by atoms with van der Waals surface area (Å²) in [6, 6.07) is 10.9. The van der Waals surface area contributed by atoms with Crippen LogP contribution in [0.4, 0.5) is 5.69 Å². The maximum Gasteiger partial charge on any atom is 0.271 e. The van der Waals surface area contributed by atoms with Gasteiger partial charge in [0.05, 0.1) is 17.9 Å². The molecular weight excluding hydrogens is 460 g/mol. The molecule has 0 bridgehead atoms. The van der Waals surface area contributed by atoms with Crippen LogP contribution >= 0.6 is 0 Å². The van der Waals surface area contributed by atoms with Crippen molar-refractivity contribution in [1.29, 1.82) is 0 Å². The van der Waals surface area contributed by atoms with E-state index in [4.69, 9.17) is 4.74 Å². The molecule has 0 atom stereocenters. The van der Waals surface area contributed by atoms with Crippen LogP contribution in [0.3, 0.4) is 0 Å². The fourth-order valence-corrected chi connectivity index (χ4v) is 4.35. The van der Waals surface area contributed by atoms with E-state index in [1.165, 1.54) is 9.80 Å². The van der Waals surface area contributed by atoms with E-state index in [0.717, 1.165) is 16.7 Å². The summed E-state index contributed by atoms with van der Waals surface area (Å²) in [4.78, 5) is 54.9. The normalized spacial score (nSPS) is 14.1. The first-order chi connectivity index (χ1) is 17.2. The Morgan fingerprint density at radius 1 is 1.08 bits per heavy atom. The van der Waals surface area contributed by atoms with E-state index >= 15 is 0 Å². The van der Waals surface area contributed by atoms with Crippen LogP contribution in [-0.4, -0.2) is 60.2 Å². The van der Waals surface area contributed by atoms with Crippen molar-refractivity contribution in [2.24, 2.45) is 0 Å². The highest BCUT2D eigenvalue weighted by molar-refractivity contribution is 6.08. The van der Waals surface area contributed by atoms with Gasteiger partial charge < -0.3 is 19.9 Å². The fraction of sp³-hybridized carbons (Fsp3) is 0.259. The first-order valence-corrected chi connectivity index (χ1v) is 11.6. The molecular formula is C27H28N4O5. The van der Waals surface area contributed by atoms with Crippen LogP contribution in [0.2, 0.25) is 0 Å². The van der Waals surface area contributed by atoms with Gasteiger partial charge >= 0.3 is 0 Å². The number of nitrogens with zero attached hydrogens (tertiary/aromatic N) is 3. The second-order valence-corrected chi connectivity index (χ2v) is 8.50. The average molecular weight is 489 g/mol. The highest BCUT2D eigenvalue weighted by Gasteiger charge is 2.34. The lowest BCUT2D eigenvalue weighted by atomic mass is 9.96. The van der Waals surface area contributed by atoms with Gasteiger partial charge in [-0.25, -0.2) is 0 Å². The summed E-state index contributed by atoms with van der Waals surface area (Å²) in [6.07, 6.45) is 0. The lowest BCUT2D eigenvalue weighted by Gasteiger charge is -2.26. The number of hydrogen-bond acceptors (Lipinski definition) is 5. The number of likely N-dealkylation sites (N-methyl/N-ethyl adjacent to an activating group) is 2. The quantitative estimate of drug-likeness (QED) is 0.604. The molecule has 0 aliphatic carbocycles. The minimum absolute atomic E-state index is 0.00976. The summed E-state index contributed by atoms with van der Waals surface area (Å²) in [7, 11) is 1.69. The third-order valence-corrected chi connectivity index (χ3v) is 6.49.